The Bertz CT molecular complexity index is 2860. The first-order chi connectivity index (χ1) is 25.1. The standard InChI is InChI=1S/C48H34N2S/c1-29-25-43(30(2)24-42(29)32-13-9-12-31(26-32)35-21-11-22-41-38-18-7-8-23-45(38)51-48(35)41)33-14-10-15-34(27-33)44-28-49-46-39-19-5-3-16-36(39)37-17-4-6-20-40(37)47(46)50-44/h3-7,9-22,24-28H,8,23H2,1-2H3. The predicted molar refractivity (Wildman–Crippen MR) is 219 cm³/mol. The lowest BCUT2D eigenvalue weighted by Crippen LogP contribution is -1.93. The first kappa shape index (κ1) is 30.0. The molecule has 0 saturated heterocycles. The molecule has 2 aromatic heterocycles. The predicted octanol–water partition coefficient (Wildman–Crippen LogP) is 13.4. The largest absolute Gasteiger partial charge is 0.252 e. The minimum Gasteiger partial charge on any atom is -0.252 e. The third-order valence-corrected chi connectivity index (χ3v) is 11.9. The van der Waals surface area contributed by atoms with Crippen LogP contribution >= 0.6 is 11.3 Å². The molecule has 0 N–H and O–H groups in total. The fourth-order valence-corrected chi connectivity index (χ4v) is 9.44. The summed E-state index contributed by atoms with van der Waals surface area (Å²) in [5, 5.41) is 6.06. The Labute approximate surface area is 301 Å². The van der Waals surface area contributed by atoms with Crippen LogP contribution in [-0.4, -0.2) is 9.97 Å². The van der Waals surface area contributed by atoms with E-state index >= 15 is 0 Å². The van der Waals surface area contributed by atoms with Crippen molar-refractivity contribution in [1.29, 1.82) is 0 Å². The smallest absolute Gasteiger partial charge is 0.0979 e. The van der Waals surface area contributed by atoms with E-state index in [4.69, 9.17) is 9.97 Å². The molecule has 0 amide bonds. The van der Waals surface area contributed by atoms with Gasteiger partial charge in [-0.2, -0.15) is 0 Å². The molecule has 0 saturated carbocycles. The number of nitrogens with zero attached hydrogens (tertiary/aromatic N) is 2. The Morgan fingerprint density at radius 2 is 1.10 bits per heavy atom. The molecule has 2 heterocycles. The molecule has 9 aromatic rings. The normalized spacial score (nSPS) is 12.7. The number of hydrogen-bond acceptors (Lipinski definition) is 3. The third kappa shape index (κ3) is 4.92. The van der Waals surface area contributed by atoms with Gasteiger partial charge >= 0.3 is 0 Å². The summed E-state index contributed by atoms with van der Waals surface area (Å²) >= 11 is 1.97. The Morgan fingerprint density at radius 3 is 1.80 bits per heavy atom. The molecule has 0 fully saturated rings. The summed E-state index contributed by atoms with van der Waals surface area (Å²) in [4.78, 5) is 11.8. The zero-order valence-electron chi connectivity index (χ0n) is 28.6. The first-order valence-corrected chi connectivity index (χ1v) is 18.5. The fraction of sp³-hybridized carbons (Fsp3) is 0.0833. The van der Waals surface area contributed by atoms with Gasteiger partial charge in [0.15, 0.2) is 0 Å². The molecule has 0 radical (unpaired) electrons. The molecule has 2 nitrogen and oxygen atoms in total. The van der Waals surface area contributed by atoms with E-state index in [1.165, 1.54) is 75.8 Å². The van der Waals surface area contributed by atoms with Gasteiger partial charge in [0.2, 0.25) is 0 Å². The number of fused-ring (bicyclic) bond motifs is 9. The molecule has 0 unspecified atom stereocenters. The van der Waals surface area contributed by atoms with Gasteiger partial charge in [-0.3, -0.25) is 4.98 Å². The van der Waals surface area contributed by atoms with Crippen molar-refractivity contribution in [2.45, 2.75) is 26.7 Å². The number of aryl methyl sites for hydroxylation is 3. The highest BCUT2D eigenvalue weighted by molar-refractivity contribution is 7.20. The van der Waals surface area contributed by atoms with Crippen molar-refractivity contribution in [2.24, 2.45) is 0 Å². The summed E-state index contributed by atoms with van der Waals surface area (Å²) in [7, 11) is 0. The number of thiophene rings is 1. The van der Waals surface area contributed by atoms with Crippen LogP contribution in [0, 0.1) is 13.8 Å². The Morgan fingerprint density at radius 1 is 0.529 bits per heavy atom. The van der Waals surface area contributed by atoms with E-state index in [-0.39, 0.29) is 0 Å². The van der Waals surface area contributed by atoms with E-state index in [0.29, 0.717) is 0 Å². The Balaban J connectivity index is 1.03. The van der Waals surface area contributed by atoms with E-state index in [0.717, 1.165) is 45.9 Å². The molecule has 0 spiro atoms. The molecule has 242 valence electrons. The summed E-state index contributed by atoms with van der Waals surface area (Å²) in [5.74, 6) is 0. The van der Waals surface area contributed by atoms with Gasteiger partial charge in [-0.05, 0) is 99.7 Å². The van der Waals surface area contributed by atoms with Gasteiger partial charge in [0.25, 0.3) is 0 Å². The van der Waals surface area contributed by atoms with Gasteiger partial charge in [-0.1, -0.05) is 127 Å². The van der Waals surface area contributed by atoms with Gasteiger partial charge in [0.05, 0.1) is 22.9 Å². The minimum absolute atomic E-state index is 0.880. The van der Waals surface area contributed by atoms with Crippen LogP contribution in [0.2, 0.25) is 0 Å². The molecule has 0 bridgehead atoms. The molecular weight excluding hydrogens is 637 g/mol. The van der Waals surface area contributed by atoms with Crippen LogP contribution in [0.15, 0.2) is 140 Å². The van der Waals surface area contributed by atoms with Gasteiger partial charge < -0.3 is 0 Å². The SMILES string of the molecule is Cc1cc(-c2cccc(-c3cccc4c5c(sc34)CCC=C5)c2)c(C)cc1-c1cccc(-c2cnc3c4ccccc4c4ccccc4c3n2)c1. The van der Waals surface area contributed by atoms with Crippen LogP contribution in [0.5, 0.6) is 0 Å². The summed E-state index contributed by atoms with van der Waals surface area (Å²) in [6.07, 6.45) is 8.84. The minimum atomic E-state index is 0.880. The van der Waals surface area contributed by atoms with Crippen molar-refractivity contribution in [3.05, 3.63) is 161 Å². The lowest BCUT2D eigenvalue weighted by molar-refractivity contribution is 1.02. The molecule has 0 aliphatic heterocycles. The second-order valence-electron chi connectivity index (χ2n) is 13.7. The average molecular weight is 671 g/mol. The zero-order valence-corrected chi connectivity index (χ0v) is 29.4. The van der Waals surface area contributed by atoms with Gasteiger partial charge in [-0.25, -0.2) is 4.98 Å². The number of benzene rings is 7. The van der Waals surface area contributed by atoms with Crippen LogP contribution in [0.25, 0.3) is 93.4 Å². The zero-order chi connectivity index (χ0) is 34.1. The van der Waals surface area contributed by atoms with Gasteiger partial charge in [0.1, 0.15) is 0 Å². The highest BCUT2D eigenvalue weighted by Gasteiger charge is 2.17. The quantitative estimate of drug-likeness (QED) is 0.174. The van der Waals surface area contributed by atoms with E-state index in [2.05, 4.69) is 153 Å². The monoisotopic (exact) mass is 670 g/mol. The van der Waals surface area contributed by atoms with E-state index < -0.39 is 0 Å². The van der Waals surface area contributed by atoms with Crippen LogP contribution in [0.1, 0.15) is 28.0 Å². The fourth-order valence-electron chi connectivity index (χ4n) is 8.10. The van der Waals surface area contributed by atoms with Crippen LogP contribution in [0.4, 0.5) is 0 Å². The third-order valence-electron chi connectivity index (χ3n) is 10.6. The van der Waals surface area contributed by atoms with Crippen molar-refractivity contribution < 1.29 is 0 Å². The van der Waals surface area contributed by atoms with Crippen molar-refractivity contribution in [2.75, 3.05) is 0 Å². The van der Waals surface area contributed by atoms with Crippen LogP contribution in [-0.2, 0) is 6.42 Å². The molecular formula is C48H34N2S. The maximum absolute atomic E-state index is 5.26. The maximum atomic E-state index is 5.26. The van der Waals surface area contributed by atoms with Crippen molar-refractivity contribution in [3.8, 4) is 44.6 Å². The lowest BCUT2D eigenvalue weighted by Gasteiger charge is -2.15. The van der Waals surface area contributed by atoms with Crippen LogP contribution < -0.4 is 0 Å². The maximum Gasteiger partial charge on any atom is 0.0979 e. The Hall–Kier alpha value is -5.90. The second-order valence-corrected chi connectivity index (χ2v) is 14.9. The highest BCUT2D eigenvalue weighted by atomic mass is 32.1. The van der Waals surface area contributed by atoms with Crippen molar-refractivity contribution in [3.63, 3.8) is 0 Å². The van der Waals surface area contributed by atoms with Gasteiger partial charge in [0, 0.05) is 31.3 Å². The van der Waals surface area contributed by atoms with Crippen LogP contribution in [0.3, 0.4) is 0 Å². The van der Waals surface area contributed by atoms with Crippen molar-refractivity contribution in [1.82, 2.24) is 9.97 Å². The highest BCUT2D eigenvalue weighted by Crippen LogP contribution is 2.42. The number of allylic oxidation sites excluding steroid dienone is 1. The summed E-state index contributed by atoms with van der Waals surface area (Å²) in [6, 6.07) is 46.4. The topological polar surface area (TPSA) is 25.8 Å². The molecule has 51 heavy (non-hydrogen) atoms. The lowest BCUT2D eigenvalue weighted by atomic mass is 9.90. The Kier molecular flexibility index (Phi) is 6.97. The van der Waals surface area contributed by atoms with E-state index in [9.17, 15) is 0 Å². The second kappa shape index (κ2) is 11.9. The molecule has 7 aromatic carbocycles. The molecule has 1 aliphatic rings. The number of hydrogen-bond donors (Lipinski definition) is 0. The van der Waals surface area contributed by atoms with Gasteiger partial charge in [-0.15, -0.1) is 11.3 Å². The molecule has 0 atom stereocenters. The van der Waals surface area contributed by atoms with E-state index in [1.807, 2.05) is 17.5 Å². The summed E-state index contributed by atoms with van der Waals surface area (Å²) in [6.45, 7) is 4.46. The molecule has 10 rings (SSSR count). The molecule has 1 aliphatic carbocycles. The molecule has 3 heteroatoms. The number of rotatable bonds is 4. The van der Waals surface area contributed by atoms with E-state index in [1.54, 1.807) is 0 Å². The summed E-state index contributed by atoms with van der Waals surface area (Å²) in [5.41, 5.74) is 15.3. The number of aromatic nitrogens is 2. The van der Waals surface area contributed by atoms with Crippen molar-refractivity contribution >= 4 is 60.1 Å². The summed E-state index contributed by atoms with van der Waals surface area (Å²) < 4.78 is 1.40. The first-order valence-electron chi connectivity index (χ1n) is 17.7. The average Bonchev–Trinajstić information content (AvgIpc) is 3.58.